The van der Waals surface area contributed by atoms with Gasteiger partial charge in [-0.15, -0.1) is 0 Å². The van der Waals surface area contributed by atoms with Crippen LogP contribution in [0.2, 0.25) is 0 Å². The van der Waals surface area contributed by atoms with Crippen molar-refractivity contribution in [2.45, 2.75) is 26.4 Å². The summed E-state index contributed by atoms with van der Waals surface area (Å²) in [6, 6.07) is 5.10. The molecule has 0 unspecified atom stereocenters. The van der Waals surface area contributed by atoms with E-state index in [-0.39, 0.29) is 33.0 Å². The lowest BCUT2D eigenvalue weighted by Gasteiger charge is -2.22. The summed E-state index contributed by atoms with van der Waals surface area (Å²) in [5.74, 6) is -3.81. The molecule has 0 saturated carbocycles. The fraction of sp³-hybridized carbons (Fsp3) is 0.222. The van der Waals surface area contributed by atoms with Gasteiger partial charge in [0.05, 0.1) is 22.3 Å². The molecule has 25 heavy (non-hydrogen) atoms. The van der Waals surface area contributed by atoms with E-state index >= 15 is 0 Å². The van der Waals surface area contributed by atoms with Gasteiger partial charge in [-0.1, -0.05) is 0 Å². The number of benzene rings is 2. The number of cyclic esters (lactones) is 2. The van der Waals surface area contributed by atoms with Crippen molar-refractivity contribution in [2.24, 2.45) is 0 Å². The normalized spacial score (nSPS) is 13.6. The lowest BCUT2D eigenvalue weighted by atomic mass is 9.90. The fourth-order valence-electron chi connectivity index (χ4n) is 2.71. The minimum absolute atomic E-state index is 0.0123. The Morgan fingerprint density at radius 2 is 1.44 bits per heavy atom. The molecule has 0 radical (unpaired) electrons. The first-order valence-corrected chi connectivity index (χ1v) is 7.43. The third-order valence-corrected chi connectivity index (χ3v) is 3.64. The number of carbonyl (C=O) groups excluding carboxylic acids is 3. The second-order valence-corrected chi connectivity index (χ2v) is 6.56. The van der Waals surface area contributed by atoms with Crippen molar-refractivity contribution >= 4 is 34.6 Å². The molecule has 3 rings (SSSR count). The Balaban J connectivity index is 2.40. The number of esters is 3. The van der Waals surface area contributed by atoms with E-state index in [0.29, 0.717) is 0 Å². The van der Waals surface area contributed by atoms with Crippen molar-refractivity contribution in [2.75, 3.05) is 0 Å². The van der Waals surface area contributed by atoms with Gasteiger partial charge >= 0.3 is 23.9 Å². The van der Waals surface area contributed by atoms with Gasteiger partial charge in [0.15, 0.2) is 0 Å². The van der Waals surface area contributed by atoms with E-state index in [1.165, 1.54) is 24.3 Å². The van der Waals surface area contributed by atoms with Crippen LogP contribution in [-0.4, -0.2) is 34.6 Å². The monoisotopic (exact) mass is 342 g/mol. The first-order chi connectivity index (χ1) is 11.6. The number of hydrogen-bond donors (Lipinski definition) is 1. The number of carbonyl (C=O) groups is 4. The highest BCUT2D eigenvalue weighted by Crippen LogP contribution is 2.34. The summed E-state index contributed by atoms with van der Waals surface area (Å²) in [5.41, 5.74) is -0.978. The largest absolute Gasteiger partial charge is 0.478 e. The molecule has 1 heterocycles. The van der Waals surface area contributed by atoms with Gasteiger partial charge in [-0.3, -0.25) is 0 Å². The molecule has 0 saturated heterocycles. The fourth-order valence-corrected chi connectivity index (χ4v) is 2.71. The van der Waals surface area contributed by atoms with Crippen LogP contribution in [0.3, 0.4) is 0 Å². The molecule has 0 atom stereocenters. The van der Waals surface area contributed by atoms with Crippen LogP contribution in [0.1, 0.15) is 62.2 Å². The van der Waals surface area contributed by atoms with Gasteiger partial charge in [0.1, 0.15) is 5.60 Å². The molecule has 0 spiro atoms. The molecule has 2 aromatic carbocycles. The molecule has 2 aromatic rings. The highest BCUT2D eigenvalue weighted by atomic mass is 16.6. The summed E-state index contributed by atoms with van der Waals surface area (Å²) < 4.78 is 9.96. The Morgan fingerprint density at radius 1 is 0.920 bits per heavy atom. The average Bonchev–Trinajstić information content (AvgIpc) is 2.49. The summed E-state index contributed by atoms with van der Waals surface area (Å²) in [7, 11) is 0. The lowest BCUT2D eigenvalue weighted by molar-refractivity contribution is 0.00706. The quantitative estimate of drug-likeness (QED) is 0.660. The number of hydrogen-bond acceptors (Lipinski definition) is 6. The van der Waals surface area contributed by atoms with Crippen LogP contribution in [0.4, 0.5) is 0 Å². The Hall–Kier alpha value is -3.22. The zero-order valence-corrected chi connectivity index (χ0v) is 13.7. The van der Waals surface area contributed by atoms with Crippen LogP contribution in [0.15, 0.2) is 24.3 Å². The van der Waals surface area contributed by atoms with Crippen LogP contribution in [0, 0.1) is 0 Å². The van der Waals surface area contributed by atoms with Gasteiger partial charge in [-0.05, 0) is 45.0 Å². The maximum absolute atomic E-state index is 12.5. The molecule has 0 fully saturated rings. The molecule has 0 bridgehead atoms. The Kier molecular flexibility index (Phi) is 3.60. The molecule has 0 aliphatic carbocycles. The van der Waals surface area contributed by atoms with E-state index in [4.69, 9.17) is 4.74 Å². The highest BCUT2D eigenvalue weighted by molar-refractivity contribution is 6.26. The first-order valence-electron chi connectivity index (χ1n) is 7.43. The smallest absolute Gasteiger partial charge is 0.346 e. The van der Waals surface area contributed by atoms with Crippen LogP contribution in [-0.2, 0) is 9.47 Å². The maximum atomic E-state index is 12.5. The van der Waals surface area contributed by atoms with Crippen LogP contribution in [0.25, 0.3) is 10.8 Å². The third-order valence-electron chi connectivity index (χ3n) is 3.64. The molecule has 1 N–H and O–H groups in total. The standard InChI is InChI=1S/C18H14O7/c1-18(2,3)25-17(23)11-7-6-10-13-9(15(21)24-16(10)22)5-4-8(12(11)13)14(19)20/h4-7H,1-3H3,(H,19,20). The van der Waals surface area contributed by atoms with Crippen LogP contribution >= 0.6 is 0 Å². The number of rotatable bonds is 2. The highest BCUT2D eigenvalue weighted by Gasteiger charge is 2.32. The van der Waals surface area contributed by atoms with Gasteiger partial charge < -0.3 is 14.6 Å². The van der Waals surface area contributed by atoms with E-state index in [2.05, 4.69) is 4.74 Å². The van der Waals surface area contributed by atoms with Crippen molar-refractivity contribution in [3.05, 3.63) is 46.5 Å². The van der Waals surface area contributed by atoms with Crippen molar-refractivity contribution in [3.63, 3.8) is 0 Å². The molecular weight excluding hydrogens is 328 g/mol. The predicted octanol–water partition coefficient (Wildman–Crippen LogP) is 2.80. The Morgan fingerprint density at radius 3 is 1.92 bits per heavy atom. The molecule has 0 amide bonds. The predicted molar refractivity (Wildman–Crippen MR) is 85.8 cm³/mol. The summed E-state index contributed by atoms with van der Waals surface area (Å²) in [6.45, 7) is 5.03. The summed E-state index contributed by atoms with van der Waals surface area (Å²) in [4.78, 5) is 48.1. The molecule has 1 aliphatic rings. The van der Waals surface area contributed by atoms with Crippen molar-refractivity contribution in [1.82, 2.24) is 0 Å². The second kappa shape index (κ2) is 5.41. The van der Waals surface area contributed by atoms with Gasteiger partial charge in [-0.25, -0.2) is 19.2 Å². The average molecular weight is 342 g/mol. The number of carboxylic acids is 1. The molecule has 1 aliphatic heterocycles. The van der Waals surface area contributed by atoms with Gasteiger partial charge in [0.25, 0.3) is 0 Å². The second-order valence-electron chi connectivity index (χ2n) is 6.56. The van der Waals surface area contributed by atoms with E-state index in [1.54, 1.807) is 20.8 Å². The number of aromatic carboxylic acids is 1. The molecule has 128 valence electrons. The van der Waals surface area contributed by atoms with E-state index in [1.807, 2.05) is 0 Å². The van der Waals surface area contributed by atoms with E-state index < -0.39 is 29.5 Å². The zero-order chi connectivity index (χ0) is 18.5. The van der Waals surface area contributed by atoms with Crippen molar-refractivity contribution in [1.29, 1.82) is 0 Å². The topological polar surface area (TPSA) is 107 Å². The zero-order valence-electron chi connectivity index (χ0n) is 13.7. The molecule has 0 aromatic heterocycles. The summed E-state index contributed by atoms with van der Waals surface area (Å²) in [5, 5.41) is 9.55. The summed E-state index contributed by atoms with van der Waals surface area (Å²) in [6.07, 6.45) is 0. The minimum Gasteiger partial charge on any atom is -0.478 e. The lowest BCUT2D eigenvalue weighted by Crippen LogP contribution is -2.25. The first kappa shape index (κ1) is 16.6. The van der Waals surface area contributed by atoms with Crippen molar-refractivity contribution in [3.8, 4) is 0 Å². The number of ether oxygens (including phenoxy) is 2. The Bertz CT molecular complexity index is 943. The maximum Gasteiger partial charge on any atom is 0.346 e. The molecule has 7 nitrogen and oxygen atoms in total. The molecular formula is C18H14O7. The minimum atomic E-state index is -1.29. The Labute approximate surface area is 142 Å². The van der Waals surface area contributed by atoms with E-state index in [9.17, 15) is 24.3 Å². The van der Waals surface area contributed by atoms with Crippen LogP contribution in [0.5, 0.6) is 0 Å². The third kappa shape index (κ3) is 2.73. The molecule has 7 heteroatoms. The summed E-state index contributed by atoms with van der Waals surface area (Å²) >= 11 is 0. The van der Waals surface area contributed by atoms with Crippen LogP contribution < -0.4 is 0 Å². The van der Waals surface area contributed by atoms with E-state index in [0.717, 1.165) is 0 Å². The SMILES string of the molecule is CC(C)(C)OC(=O)c1ccc2c3c(ccc(C(=O)O)c13)C(=O)OC2=O. The number of carboxylic acid groups (broad SMARTS) is 1. The van der Waals surface area contributed by atoms with Gasteiger partial charge in [0, 0.05) is 10.8 Å². The van der Waals surface area contributed by atoms with Gasteiger partial charge in [0.2, 0.25) is 0 Å². The van der Waals surface area contributed by atoms with Crippen molar-refractivity contribution < 1.29 is 33.8 Å². The van der Waals surface area contributed by atoms with Gasteiger partial charge in [-0.2, -0.15) is 0 Å².